The molecule has 0 aromatic heterocycles. The van der Waals surface area contributed by atoms with Crippen LogP contribution in [-0.4, -0.2) is 68.8 Å². The van der Waals surface area contributed by atoms with Crippen LogP contribution in [0.15, 0.2) is 24.3 Å². The number of carbonyl (C=O) groups is 3. The summed E-state index contributed by atoms with van der Waals surface area (Å²) < 4.78 is 5.41. The predicted molar refractivity (Wildman–Crippen MR) is 88.6 cm³/mol. The number of rotatable bonds is 4. The summed E-state index contributed by atoms with van der Waals surface area (Å²) in [6.45, 7) is 1.12. The number of Topliss-reactive ketones (excluding diaryl/α,β-unsaturated/α-hetero) is 1. The molecule has 2 saturated heterocycles. The third kappa shape index (κ3) is 2.57. The molecule has 8 heteroatoms. The molecule has 0 aliphatic carbocycles. The molecule has 3 N–H and O–H groups in total. The van der Waals surface area contributed by atoms with E-state index in [0.717, 1.165) is 6.92 Å². The molecule has 5 atom stereocenters. The summed E-state index contributed by atoms with van der Waals surface area (Å²) in [5, 5.41) is 30.0. The number of ether oxygens (including phenoxy) is 1. The van der Waals surface area contributed by atoms with E-state index in [9.17, 15) is 29.7 Å². The van der Waals surface area contributed by atoms with E-state index < -0.39 is 47.4 Å². The molecular weight excluding hydrogens is 342 g/mol. The highest BCUT2D eigenvalue weighted by Gasteiger charge is 2.67. The standard InChI is InChI=1S/C18H21NO7/c1-9(20)26-18(15(22)10-3-5-11(21)6-4-10)13-8-7-12(19(13)2)14(16(18)23)17(24)25/h3-6,12-14,16,21,23H,7-8H2,1-2H3,(H,24,25)/t12-,13+,14-,16-,18?/m1/s1. The minimum absolute atomic E-state index is 0.0475. The Balaban J connectivity index is 2.16. The van der Waals surface area contributed by atoms with Crippen LogP contribution in [0.25, 0.3) is 0 Å². The number of aliphatic carboxylic acids is 1. The molecule has 140 valence electrons. The zero-order chi connectivity index (χ0) is 19.2. The number of piperidine rings is 1. The number of fused-ring (bicyclic) bond motifs is 2. The molecule has 0 spiro atoms. The van der Waals surface area contributed by atoms with Crippen molar-refractivity contribution in [1.29, 1.82) is 0 Å². The smallest absolute Gasteiger partial charge is 0.310 e. The maximum atomic E-state index is 13.3. The number of carboxylic acid groups (broad SMARTS) is 1. The number of aliphatic hydroxyl groups excluding tert-OH is 1. The first-order valence-electron chi connectivity index (χ1n) is 8.36. The molecule has 0 amide bonds. The van der Waals surface area contributed by atoms with Crippen molar-refractivity contribution in [1.82, 2.24) is 4.90 Å². The fourth-order valence-electron chi connectivity index (χ4n) is 4.43. The Bertz CT molecular complexity index is 746. The quantitative estimate of drug-likeness (QED) is 0.519. The van der Waals surface area contributed by atoms with E-state index in [1.54, 1.807) is 11.9 Å². The van der Waals surface area contributed by atoms with Crippen molar-refractivity contribution in [2.45, 2.75) is 43.6 Å². The van der Waals surface area contributed by atoms with Gasteiger partial charge >= 0.3 is 11.9 Å². The molecule has 0 saturated carbocycles. The summed E-state index contributed by atoms with van der Waals surface area (Å²) >= 11 is 0. The Hall–Kier alpha value is -2.45. The van der Waals surface area contributed by atoms with Gasteiger partial charge in [0.25, 0.3) is 0 Å². The third-order valence-electron chi connectivity index (χ3n) is 5.52. The second kappa shape index (κ2) is 6.37. The lowest BCUT2D eigenvalue weighted by Gasteiger charge is -2.50. The van der Waals surface area contributed by atoms with E-state index in [-0.39, 0.29) is 11.3 Å². The molecule has 3 rings (SSSR count). The van der Waals surface area contributed by atoms with Crippen molar-refractivity contribution in [2.24, 2.45) is 5.92 Å². The number of phenols is 1. The molecule has 2 fully saturated rings. The summed E-state index contributed by atoms with van der Waals surface area (Å²) in [6, 6.07) is 4.24. The number of benzene rings is 1. The molecule has 8 nitrogen and oxygen atoms in total. The van der Waals surface area contributed by atoms with Crippen LogP contribution in [-0.2, 0) is 14.3 Å². The number of phenolic OH excluding ortho intramolecular Hbond substituents is 1. The summed E-state index contributed by atoms with van der Waals surface area (Å²) in [7, 11) is 1.67. The Kier molecular flexibility index (Phi) is 4.49. The van der Waals surface area contributed by atoms with Gasteiger partial charge in [0.15, 0.2) is 0 Å². The van der Waals surface area contributed by atoms with Gasteiger partial charge in [0, 0.05) is 18.5 Å². The Morgan fingerprint density at radius 2 is 1.81 bits per heavy atom. The van der Waals surface area contributed by atoms with Gasteiger partial charge in [-0.25, -0.2) is 0 Å². The van der Waals surface area contributed by atoms with Crippen LogP contribution in [0.4, 0.5) is 0 Å². The highest BCUT2D eigenvalue weighted by molar-refractivity contribution is 6.05. The van der Waals surface area contributed by atoms with E-state index in [4.69, 9.17) is 4.74 Å². The summed E-state index contributed by atoms with van der Waals surface area (Å²) in [4.78, 5) is 38.7. The van der Waals surface area contributed by atoms with Gasteiger partial charge < -0.3 is 20.1 Å². The minimum Gasteiger partial charge on any atom is -0.508 e. The number of carboxylic acids is 1. The summed E-state index contributed by atoms with van der Waals surface area (Å²) in [5.74, 6) is -4.01. The van der Waals surface area contributed by atoms with Gasteiger partial charge in [-0.2, -0.15) is 0 Å². The Morgan fingerprint density at radius 3 is 2.35 bits per heavy atom. The largest absolute Gasteiger partial charge is 0.508 e. The van der Waals surface area contributed by atoms with Gasteiger partial charge in [0.05, 0.1) is 6.04 Å². The normalized spacial score (nSPS) is 33.7. The van der Waals surface area contributed by atoms with Crippen LogP contribution >= 0.6 is 0 Å². The fraction of sp³-hybridized carbons (Fsp3) is 0.500. The number of likely N-dealkylation sites (N-methyl/N-ethyl adjacent to an activating group) is 1. The first-order valence-corrected chi connectivity index (χ1v) is 8.36. The maximum Gasteiger partial charge on any atom is 0.310 e. The van der Waals surface area contributed by atoms with E-state index in [1.165, 1.54) is 24.3 Å². The number of aliphatic hydroxyl groups is 1. The van der Waals surface area contributed by atoms with E-state index in [1.807, 2.05) is 0 Å². The van der Waals surface area contributed by atoms with Crippen LogP contribution in [0.3, 0.4) is 0 Å². The van der Waals surface area contributed by atoms with Crippen LogP contribution in [0, 0.1) is 5.92 Å². The number of ketones is 1. The van der Waals surface area contributed by atoms with Crippen molar-refractivity contribution in [3.63, 3.8) is 0 Å². The highest BCUT2D eigenvalue weighted by Crippen LogP contribution is 2.47. The Labute approximate surface area is 150 Å². The van der Waals surface area contributed by atoms with E-state index >= 15 is 0 Å². The SMILES string of the molecule is CC(=O)OC1(C(=O)c2ccc(O)cc2)[C@H](O)[C@H](C(=O)O)[C@H]2CC[C@@H]1N2C. The number of carbonyl (C=O) groups excluding carboxylic acids is 2. The van der Waals surface area contributed by atoms with Crippen molar-refractivity contribution in [3.05, 3.63) is 29.8 Å². The number of hydrogen-bond acceptors (Lipinski definition) is 7. The molecule has 26 heavy (non-hydrogen) atoms. The van der Waals surface area contributed by atoms with Crippen LogP contribution in [0.1, 0.15) is 30.1 Å². The predicted octanol–water partition coefficient (Wildman–Crippen LogP) is 0.415. The Morgan fingerprint density at radius 1 is 1.19 bits per heavy atom. The molecule has 0 radical (unpaired) electrons. The molecule has 1 unspecified atom stereocenters. The summed E-state index contributed by atoms with van der Waals surface area (Å²) in [5.41, 5.74) is -1.90. The lowest BCUT2D eigenvalue weighted by Crippen LogP contribution is -2.72. The van der Waals surface area contributed by atoms with Gasteiger partial charge in [0.2, 0.25) is 11.4 Å². The van der Waals surface area contributed by atoms with Gasteiger partial charge in [-0.15, -0.1) is 0 Å². The molecule has 1 aromatic carbocycles. The van der Waals surface area contributed by atoms with Crippen LogP contribution in [0.5, 0.6) is 5.75 Å². The summed E-state index contributed by atoms with van der Waals surface area (Å²) in [6.07, 6.45) is -0.793. The van der Waals surface area contributed by atoms with Gasteiger partial charge in [0.1, 0.15) is 17.8 Å². The second-order valence-corrected chi connectivity index (χ2v) is 6.90. The van der Waals surface area contributed by atoms with E-state index in [0.29, 0.717) is 12.8 Å². The van der Waals surface area contributed by atoms with Gasteiger partial charge in [-0.05, 0) is 44.2 Å². The maximum absolute atomic E-state index is 13.3. The lowest BCUT2D eigenvalue weighted by molar-refractivity contribution is -0.197. The lowest BCUT2D eigenvalue weighted by atomic mass is 9.72. The average Bonchev–Trinajstić information content (AvgIpc) is 2.87. The monoisotopic (exact) mass is 363 g/mol. The van der Waals surface area contributed by atoms with E-state index in [2.05, 4.69) is 0 Å². The molecule has 2 heterocycles. The number of nitrogens with zero attached hydrogens (tertiary/aromatic N) is 1. The number of aromatic hydroxyl groups is 1. The second-order valence-electron chi connectivity index (χ2n) is 6.90. The number of esters is 1. The zero-order valence-electron chi connectivity index (χ0n) is 14.5. The highest BCUT2D eigenvalue weighted by atomic mass is 16.6. The molecule has 1 aromatic rings. The van der Waals surface area contributed by atoms with Crippen LogP contribution in [0.2, 0.25) is 0 Å². The van der Waals surface area contributed by atoms with Crippen LogP contribution < -0.4 is 0 Å². The zero-order valence-corrected chi connectivity index (χ0v) is 14.5. The average molecular weight is 363 g/mol. The molecule has 2 aliphatic heterocycles. The molecule has 2 aliphatic rings. The van der Waals surface area contributed by atoms with Crippen molar-refractivity contribution < 1.29 is 34.4 Å². The molecular formula is C18H21NO7. The fourth-order valence-corrected chi connectivity index (χ4v) is 4.43. The topological polar surface area (TPSA) is 124 Å². The molecule has 2 bridgehead atoms. The van der Waals surface area contributed by atoms with Crippen molar-refractivity contribution in [3.8, 4) is 5.75 Å². The third-order valence-corrected chi connectivity index (χ3v) is 5.52. The first kappa shape index (κ1) is 18.3. The van der Waals surface area contributed by atoms with Crippen molar-refractivity contribution in [2.75, 3.05) is 7.05 Å². The van der Waals surface area contributed by atoms with Gasteiger partial charge in [-0.3, -0.25) is 19.3 Å². The van der Waals surface area contributed by atoms with Crippen molar-refractivity contribution >= 4 is 17.7 Å². The first-order chi connectivity index (χ1) is 12.2. The number of hydrogen-bond donors (Lipinski definition) is 3. The van der Waals surface area contributed by atoms with Gasteiger partial charge in [-0.1, -0.05) is 0 Å². The minimum atomic E-state index is -2.02.